The Kier molecular flexibility index (Phi) is 5.60. The van der Waals surface area contributed by atoms with Gasteiger partial charge in [0.15, 0.2) is 0 Å². The van der Waals surface area contributed by atoms with Gasteiger partial charge in [0.2, 0.25) is 0 Å². The number of rotatable bonds is 5. The van der Waals surface area contributed by atoms with Crippen molar-refractivity contribution in [2.24, 2.45) is 0 Å². The van der Waals surface area contributed by atoms with Crippen molar-refractivity contribution >= 4 is 29.0 Å². The molecular formula is C22H22N2OS2. The quantitative estimate of drug-likeness (QED) is 0.519. The lowest BCUT2D eigenvalue weighted by atomic mass is 10.0. The smallest absolute Gasteiger partial charge is 0.254 e. The molecule has 1 amide bonds. The second-order valence-electron chi connectivity index (χ2n) is 6.74. The molecule has 27 heavy (non-hydrogen) atoms. The number of benzene rings is 2. The summed E-state index contributed by atoms with van der Waals surface area (Å²) in [6.07, 6.45) is 2.10. The van der Waals surface area contributed by atoms with Gasteiger partial charge in [0, 0.05) is 28.1 Å². The zero-order valence-corrected chi connectivity index (χ0v) is 16.9. The van der Waals surface area contributed by atoms with Gasteiger partial charge in [-0.15, -0.1) is 23.1 Å². The molecule has 0 spiro atoms. The molecule has 138 valence electrons. The molecule has 0 aliphatic carbocycles. The topological polar surface area (TPSA) is 33.2 Å². The van der Waals surface area contributed by atoms with Crippen LogP contribution in [0.2, 0.25) is 0 Å². The lowest BCUT2D eigenvalue weighted by Gasteiger charge is -2.25. The third-order valence-corrected chi connectivity index (χ3v) is 6.72. The molecule has 1 fully saturated rings. The fourth-order valence-electron chi connectivity index (χ4n) is 3.52. The van der Waals surface area contributed by atoms with E-state index < -0.39 is 0 Å². The monoisotopic (exact) mass is 394 g/mol. The second-order valence-corrected chi connectivity index (χ2v) is 8.85. The fraction of sp³-hybridized carbons (Fsp3) is 0.273. The van der Waals surface area contributed by atoms with Crippen molar-refractivity contribution in [1.82, 2.24) is 9.88 Å². The molecule has 0 N–H and O–H groups in total. The minimum absolute atomic E-state index is 0.132. The van der Waals surface area contributed by atoms with E-state index in [9.17, 15) is 4.79 Å². The van der Waals surface area contributed by atoms with E-state index in [1.807, 2.05) is 54.3 Å². The predicted octanol–water partition coefficient (Wildman–Crippen LogP) is 5.72. The van der Waals surface area contributed by atoms with E-state index in [0.29, 0.717) is 0 Å². The molecule has 1 unspecified atom stereocenters. The molecule has 1 saturated heterocycles. The van der Waals surface area contributed by atoms with E-state index in [4.69, 9.17) is 0 Å². The predicted molar refractivity (Wildman–Crippen MR) is 112 cm³/mol. The summed E-state index contributed by atoms with van der Waals surface area (Å²) in [6.45, 7) is 2.86. The van der Waals surface area contributed by atoms with Gasteiger partial charge in [-0.05, 0) is 49.6 Å². The molecular weight excluding hydrogens is 372 g/mol. The summed E-state index contributed by atoms with van der Waals surface area (Å²) in [4.78, 5) is 20.7. The van der Waals surface area contributed by atoms with E-state index in [0.717, 1.165) is 41.4 Å². The highest BCUT2D eigenvalue weighted by molar-refractivity contribution is 7.98. The molecule has 1 atom stereocenters. The van der Waals surface area contributed by atoms with Crippen molar-refractivity contribution in [3.63, 3.8) is 0 Å². The van der Waals surface area contributed by atoms with E-state index in [1.54, 1.807) is 23.1 Å². The SMILES string of the molecule is Cc1nc(CSc2ccc(C(=O)N3CCCC3c3ccccc3)cc2)cs1. The summed E-state index contributed by atoms with van der Waals surface area (Å²) in [7, 11) is 0. The number of thiazole rings is 1. The van der Waals surface area contributed by atoms with Crippen molar-refractivity contribution in [3.05, 3.63) is 81.8 Å². The number of carbonyl (C=O) groups excluding carboxylic acids is 1. The highest BCUT2D eigenvalue weighted by Gasteiger charge is 2.30. The average molecular weight is 395 g/mol. The van der Waals surface area contributed by atoms with Crippen LogP contribution >= 0.6 is 23.1 Å². The molecule has 0 bridgehead atoms. The van der Waals surface area contributed by atoms with Gasteiger partial charge in [-0.2, -0.15) is 0 Å². The first-order valence-electron chi connectivity index (χ1n) is 9.20. The number of likely N-dealkylation sites (tertiary alicyclic amines) is 1. The second kappa shape index (κ2) is 8.28. The number of thioether (sulfide) groups is 1. The van der Waals surface area contributed by atoms with Gasteiger partial charge in [-0.25, -0.2) is 4.98 Å². The van der Waals surface area contributed by atoms with E-state index in [1.165, 1.54) is 10.5 Å². The fourth-order valence-corrected chi connectivity index (χ4v) is 5.03. The molecule has 1 aliphatic rings. The molecule has 0 saturated carbocycles. The van der Waals surface area contributed by atoms with Crippen LogP contribution in [-0.2, 0) is 5.75 Å². The van der Waals surface area contributed by atoms with Crippen LogP contribution in [-0.4, -0.2) is 22.3 Å². The maximum atomic E-state index is 13.0. The van der Waals surface area contributed by atoms with Gasteiger partial charge in [-0.1, -0.05) is 30.3 Å². The van der Waals surface area contributed by atoms with Crippen LogP contribution in [0.15, 0.2) is 64.9 Å². The lowest BCUT2D eigenvalue weighted by molar-refractivity contribution is 0.0735. The Labute approximate surface area is 168 Å². The minimum atomic E-state index is 0.132. The van der Waals surface area contributed by atoms with E-state index in [-0.39, 0.29) is 11.9 Å². The van der Waals surface area contributed by atoms with Gasteiger partial charge in [0.25, 0.3) is 5.91 Å². The van der Waals surface area contributed by atoms with E-state index in [2.05, 4.69) is 22.5 Å². The van der Waals surface area contributed by atoms with Crippen LogP contribution in [0.3, 0.4) is 0 Å². The van der Waals surface area contributed by atoms with Gasteiger partial charge >= 0.3 is 0 Å². The Morgan fingerprint density at radius 3 is 2.67 bits per heavy atom. The van der Waals surface area contributed by atoms with Crippen molar-refractivity contribution < 1.29 is 4.79 Å². The molecule has 5 heteroatoms. The summed E-state index contributed by atoms with van der Waals surface area (Å²) in [6, 6.07) is 18.6. The Morgan fingerprint density at radius 2 is 1.96 bits per heavy atom. The number of nitrogens with zero attached hydrogens (tertiary/aromatic N) is 2. The van der Waals surface area contributed by atoms with Crippen LogP contribution in [0, 0.1) is 6.92 Å². The number of aromatic nitrogens is 1. The van der Waals surface area contributed by atoms with Gasteiger partial charge in [-0.3, -0.25) is 4.79 Å². The van der Waals surface area contributed by atoms with Crippen molar-refractivity contribution in [2.45, 2.75) is 36.5 Å². The standard InChI is InChI=1S/C22H22N2OS2/c1-16-23-19(14-26-16)15-27-20-11-9-18(10-12-20)22(25)24-13-5-8-21(24)17-6-3-2-4-7-17/h2-4,6-7,9-12,14,21H,5,8,13,15H2,1H3. The van der Waals surface area contributed by atoms with Gasteiger partial charge < -0.3 is 4.90 Å². The van der Waals surface area contributed by atoms with Gasteiger partial charge in [0.1, 0.15) is 0 Å². The molecule has 1 aliphatic heterocycles. The Hall–Kier alpha value is -2.11. The summed E-state index contributed by atoms with van der Waals surface area (Å²) in [5, 5.41) is 3.21. The van der Waals surface area contributed by atoms with Crippen LogP contribution < -0.4 is 0 Å². The normalized spacial score (nSPS) is 16.6. The third kappa shape index (κ3) is 4.25. The van der Waals surface area contributed by atoms with Crippen molar-refractivity contribution in [1.29, 1.82) is 0 Å². The summed E-state index contributed by atoms with van der Waals surface area (Å²) >= 11 is 3.44. The number of aryl methyl sites for hydroxylation is 1. The van der Waals surface area contributed by atoms with E-state index >= 15 is 0 Å². The largest absolute Gasteiger partial charge is 0.332 e. The third-order valence-electron chi connectivity index (χ3n) is 4.85. The first kappa shape index (κ1) is 18.3. The minimum Gasteiger partial charge on any atom is -0.332 e. The lowest BCUT2D eigenvalue weighted by Crippen LogP contribution is -2.30. The molecule has 1 aromatic heterocycles. The van der Waals surface area contributed by atoms with Gasteiger partial charge in [0.05, 0.1) is 16.7 Å². The number of hydrogen-bond donors (Lipinski definition) is 0. The average Bonchev–Trinajstić information content (AvgIpc) is 3.36. The maximum Gasteiger partial charge on any atom is 0.254 e. The highest BCUT2D eigenvalue weighted by Crippen LogP contribution is 2.33. The molecule has 0 radical (unpaired) electrons. The molecule has 4 rings (SSSR count). The summed E-state index contributed by atoms with van der Waals surface area (Å²) < 4.78 is 0. The summed E-state index contributed by atoms with van der Waals surface area (Å²) in [5.41, 5.74) is 3.12. The van der Waals surface area contributed by atoms with Crippen molar-refractivity contribution in [3.8, 4) is 0 Å². The van der Waals surface area contributed by atoms with Crippen LogP contribution in [0.1, 0.15) is 45.5 Å². The number of amides is 1. The first-order chi connectivity index (χ1) is 13.2. The zero-order chi connectivity index (χ0) is 18.6. The summed E-state index contributed by atoms with van der Waals surface area (Å²) in [5.74, 6) is 0.993. The molecule has 3 aromatic rings. The Balaban J connectivity index is 1.42. The maximum absolute atomic E-state index is 13.0. The zero-order valence-electron chi connectivity index (χ0n) is 15.3. The van der Waals surface area contributed by atoms with Crippen LogP contribution in [0.5, 0.6) is 0 Å². The number of hydrogen-bond acceptors (Lipinski definition) is 4. The molecule has 2 heterocycles. The van der Waals surface area contributed by atoms with Crippen LogP contribution in [0.4, 0.5) is 0 Å². The molecule has 3 nitrogen and oxygen atoms in total. The van der Waals surface area contributed by atoms with Crippen LogP contribution in [0.25, 0.3) is 0 Å². The Morgan fingerprint density at radius 1 is 1.19 bits per heavy atom. The number of carbonyl (C=O) groups is 1. The first-order valence-corrected chi connectivity index (χ1v) is 11.1. The highest BCUT2D eigenvalue weighted by atomic mass is 32.2. The Bertz CT molecular complexity index is 906. The molecule has 2 aromatic carbocycles. The van der Waals surface area contributed by atoms with Crippen molar-refractivity contribution in [2.75, 3.05) is 6.54 Å².